The average molecular weight is 197 g/mol. The van der Waals surface area contributed by atoms with Crippen LogP contribution in [0.4, 0.5) is 0 Å². The van der Waals surface area contributed by atoms with E-state index in [0.717, 1.165) is 23.0 Å². The van der Waals surface area contributed by atoms with Crippen molar-refractivity contribution in [2.24, 2.45) is 5.92 Å². The third-order valence-electron chi connectivity index (χ3n) is 2.66. The van der Waals surface area contributed by atoms with Gasteiger partial charge in [0.2, 0.25) is 0 Å². The summed E-state index contributed by atoms with van der Waals surface area (Å²) in [7, 11) is 0. The Morgan fingerprint density at radius 3 is 2.85 bits per heavy atom. The molecule has 0 saturated heterocycles. The van der Waals surface area contributed by atoms with Crippen molar-refractivity contribution in [1.29, 1.82) is 0 Å². The predicted molar refractivity (Wildman–Crippen MR) is 52.8 cm³/mol. The summed E-state index contributed by atoms with van der Waals surface area (Å²) in [5.41, 5.74) is 2.07. The van der Waals surface area contributed by atoms with Crippen LogP contribution in [0.3, 0.4) is 0 Å². The fraction of sp³-hybridized carbons (Fsp3) is 0.600. The Kier molecular flexibility index (Phi) is 2.24. The second-order valence-electron chi connectivity index (χ2n) is 3.81. The predicted octanol–water partition coefficient (Wildman–Crippen LogP) is 2.65. The molecule has 0 N–H and O–H groups in total. The van der Waals surface area contributed by atoms with Crippen LogP contribution in [-0.4, -0.2) is 9.97 Å². The van der Waals surface area contributed by atoms with Crippen molar-refractivity contribution in [2.75, 3.05) is 0 Å². The molecule has 1 aromatic heterocycles. The number of alkyl halides is 1. The molecule has 0 aliphatic heterocycles. The van der Waals surface area contributed by atoms with Gasteiger partial charge in [0.05, 0.1) is 11.6 Å². The van der Waals surface area contributed by atoms with E-state index in [-0.39, 0.29) is 0 Å². The molecule has 1 fully saturated rings. The van der Waals surface area contributed by atoms with Crippen LogP contribution < -0.4 is 0 Å². The lowest BCUT2D eigenvalue weighted by Gasteiger charge is -2.03. The van der Waals surface area contributed by atoms with E-state index in [0.29, 0.717) is 11.8 Å². The minimum absolute atomic E-state index is 0.489. The number of hydrogen-bond acceptors (Lipinski definition) is 2. The van der Waals surface area contributed by atoms with Crippen LogP contribution in [0.5, 0.6) is 0 Å². The largest absolute Gasteiger partial charge is 0.241 e. The van der Waals surface area contributed by atoms with Crippen LogP contribution in [0, 0.1) is 12.8 Å². The zero-order valence-corrected chi connectivity index (χ0v) is 8.67. The molecule has 1 aromatic rings. The highest BCUT2D eigenvalue weighted by molar-refractivity contribution is 6.16. The molecule has 2 nitrogen and oxygen atoms in total. The Hall–Kier alpha value is -0.630. The number of rotatable bonds is 2. The summed E-state index contributed by atoms with van der Waals surface area (Å²) in [5.74, 6) is 2.81. The van der Waals surface area contributed by atoms with E-state index in [1.54, 1.807) is 0 Å². The van der Waals surface area contributed by atoms with E-state index in [9.17, 15) is 0 Å². The van der Waals surface area contributed by atoms with Gasteiger partial charge in [0.1, 0.15) is 5.82 Å². The summed E-state index contributed by atoms with van der Waals surface area (Å²) in [5, 5.41) is 0. The standard InChI is InChI=1S/C10H13ClN2/c1-6-3-8(6)10-12-5-7(2)9(4-11)13-10/h5-6,8H,3-4H2,1-2H3. The number of aromatic nitrogens is 2. The lowest BCUT2D eigenvalue weighted by Crippen LogP contribution is -1.99. The molecule has 1 aliphatic carbocycles. The fourth-order valence-corrected chi connectivity index (χ4v) is 1.76. The van der Waals surface area contributed by atoms with Crippen LogP contribution in [0.15, 0.2) is 6.20 Å². The molecule has 0 amide bonds. The van der Waals surface area contributed by atoms with E-state index in [4.69, 9.17) is 11.6 Å². The molecule has 2 unspecified atom stereocenters. The molecule has 13 heavy (non-hydrogen) atoms. The minimum atomic E-state index is 0.489. The van der Waals surface area contributed by atoms with Gasteiger partial charge in [-0.2, -0.15) is 0 Å². The highest BCUT2D eigenvalue weighted by Gasteiger charge is 2.36. The topological polar surface area (TPSA) is 25.8 Å². The van der Waals surface area contributed by atoms with E-state index in [1.807, 2.05) is 13.1 Å². The van der Waals surface area contributed by atoms with Gasteiger partial charge in [-0.05, 0) is 24.8 Å². The number of aryl methyl sites for hydroxylation is 1. The lowest BCUT2D eigenvalue weighted by atomic mass is 10.2. The van der Waals surface area contributed by atoms with Crippen molar-refractivity contribution in [3.8, 4) is 0 Å². The van der Waals surface area contributed by atoms with Crippen molar-refractivity contribution in [1.82, 2.24) is 9.97 Å². The maximum atomic E-state index is 5.78. The summed E-state index contributed by atoms with van der Waals surface area (Å²) in [6, 6.07) is 0. The van der Waals surface area contributed by atoms with Gasteiger partial charge >= 0.3 is 0 Å². The molecular weight excluding hydrogens is 184 g/mol. The van der Waals surface area contributed by atoms with E-state index in [1.165, 1.54) is 6.42 Å². The highest BCUT2D eigenvalue weighted by atomic mass is 35.5. The van der Waals surface area contributed by atoms with Crippen LogP contribution in [0.2, 0.25) is 0 Å². The third kappa shape index (κ3) is 1.68. The molecule has 1 heterocycles. The van der Waals surface area contributed by atoms with Gasteiger partial charge in [0.25, 0.3) is 0 Å². The van der Waals surface area contributed by atoms with Crippen molar-refractivity contribution in [2.45, 2.75) is 32.1 Å². The Morgan fingerprint density at radius 2 is 2.31 bits per heavy atom. The zero-order valence-electron chi connectivity index (χ0n) is 7.92. The van der Waals surface area contributed by atoms with Crippen molar-refractivity contribution in [3.63, 3.8) is 0 Å². The molecule has 70 valence electrons. The summed E-state index contributed by atoms with van der Waals surface area (Å²) < 4.78 is 0. The number of nitrogens with zero attached hydrogens (tertiary/aromatic N) is 2. The lowest BCUT2D eigenvalue weighted by molar-refractivity contribution is 0.824. The van der Waals surface area contributed by atoms with Gasteiger partial charge in [-0.15, -0.1) is 11.6 Å². The fourth-order valence-electron chi connectivity index (χ4n) is 1.49. The van der Waals surface area contributed by atoms with Crippen LogP contribution in [-0.2, 0) is 5.88 Å². The first kappa shape index (κ1) is 8.95. The molecular formula is C10H13ClN2. The van der Waals surface area contributed by atoms with Gasteiger partial charge in [0.15, 0.2) is 0 Å². The molecule has 0 radical (unpaired) electrons. The van der Waals surface area contributed by atoms with E-state index in [2.05, 4.69) is 16.9 Å². The van der Waals surface area contributed by atoms with Crippen LogP contribution in [0.25, 0.3) is 0 Å². The van der Waals surface area contributed by atoms with Gasteiger partial charge in [-0.25, -0.2) is 9.97 Å². The summed E-state index contributed by atoms with van der Waals surface area (Å²) in [4.78, 5) is 8.79. The Labute approximate surface area is 83.4 Å². The normalized spacial score (nSPS) is 26.1. The molecule has 0 aromatic carbocycles. The monoisotopic (exact) mass is 196 g/mol. The molecule has 1 saturated carbocycles. The molecule has 3 heteroatoms. The number of halogens is 1. The van der Waals surface area contributed by atoms with Gasteiger partial charge in [-0.1, -0.05) is 6.92 Å². The quantitative estimate of drug-likeness (QED) is 0.680. The highest BCUT2D eigenvalue weighted by Crippen LogP contribution is 2.45. The molecule has 1 aliphatic rings. The Bertz CT molecular complexity index is 325. The van der Waals surface area contributed by atoms with Crippen LogP contribution >= 0.6 is 11.6 Å². The molecule has 0 bridgehead atoms. The first-order chi connectivity index (χ1) is 6.22. The Balaban J connectivity index is 2.28. The molecule has 2 rings (SSSR count). The van der Waals surface area contributed by atoms with E-state index >= 15 is 0 Å². The average Bonchev–Trinajstić information content (AvgIpc) is 2.84. The van der Waals surface area contributed by atoms with Crippen molar-refractivity contribution < 1.29 is 0 Å². The minimum Gasteiger partial charge on any atom is -0.241 e. The summed E-state index contributed by atoms with van der Waals surface area (Å²) in [6.07, 6.45) is 3.11. The second-order valence-corrected chi connectivity index (χ2v) is 4.08. The Morgan fingerprint density at radius 1 is 1.62 bits per heavy atom. The third-order valence-corrected chi connectivity index (χ3v) is 2.92. The van der Waals surface area contributed by atoms with Gasteiger partial charge < -0.3 is 0 Å². The van der Waals surface area contributed by atoms with Crippen molar-refractivity contribution >= 4 is 11.6 Å². The van der Waals surface area contributed by atoms with Crippen LogP contribution in [0.1, 0.15) is 36.3 Å². The second kappa shape index (κ2) is 3.26. The first-order valence-corrected chi connectivity index (χ1v) is 5.14. The summed E-state index contributed by atoms with van der Waals surface area (Å²) in [6.45, 7) is 4.23. The SMILES string of the molecule is Cc1cnc(C2CC2C)nc1CCl. The van der Waals surface area contributed by atoms with Gasteiger partial charge in [-0.3, -0.25) is 0 Å². The molecule has 2 atom stereocenters. The maximum absolute atomic E-state index is 5.78. The first-order valence-electron chi connectivity index (χ1n) is 4.60. The van der Waals surface area contributed by atoms with Crippen molar-refractivity contribution in [3.05, 3.63) is 23.3 Å². The maximum Gasteiger partial charge on any atom is 0.131 e. The zero-order chi connectivity index (χ0) is 9.42. The summed E-state index contributed by atoms with van der Waals surface area (Å²) >= 11 is 5.78. The number of hydrogen-bond donors (Lipinski definition) is 0. The molecule has 0 spiro atoms. The van der Waals surface area contributed by atoms with Gasteiger partial charge in [0, 0.05) is 12.1 Å². The smallest absolute Gasteiger partial charge is 0.131 e. The van der Waals surface area contributed by atoms with E-state index < -0.39 is 0 Å².